The number of nitrogens with one attached hydrogen (secondary N) is 1. The summed E-state index contributed by atoms with van der Waals surface area (Å²) in [6.45, 7) is 0. The third kappa shape index (κ3) is 2.44. The minimum Gasteiger partial charge on any atom is -0.377 e. The monoisotopic (exact) mass is 270 g/mol. The van der Waals surface area contributed by atoms with Crippen LogP contribution in [0.2, 0.25) is 0 Å². The van der Waals surface area contributed by atoms with Crippen molar-refractivity contribution in [3.63, 3.8) is 0 Å². The smallest absolute Gasteiger partial charge is 0.248 e. The highest BCUT2D eigenvalue weighted by Crippen LogP contribution is 2.39. The highest BCUT2D eigenvalue weighted by atomic mass is 32.2. The first-order valence-electron chi connectivity index (χ1n) is 6.12. The Labute approximate surface area is 116 Å². The summed E-state index contributed by atoms with van der Waals surface area (Å²) >= 11 is 1.87. The van der Waals surface area contributed by atoms with Crippen molar-refractivity contribution in [1.29, 1.82) is 0 Å². The lowest BCUT2D eigenvalue weighted by Gasteiger charge is -2.14. The molecule has 0 saturated carbocycles. The van der Waals surface area contributed by atoms with Gasteiger partial charge in [-0.2, -0.15) is 0 Å². The van der Waals surface area contributed by atoms with Crippen LogP contribution in [0.1, 0.15) is 22.0 Å². The fourth-order valence-corrected chi connectivity index (χ4v) is 3.37. The molecule has 4 heteroatoms. The van der Waals surface area contributed by atoms with Crippen molar-refractivity contribution in [2.75, 3.05) is 11.1 Å². The minimum atomic E-state index is -0.395. The predicted octanol–water partition coefficient (Wildman–Crippen LogP) is 3.04. The van der Waals surface area contributed by atoms with E-state index in [0.29, 0.717) is 11.6 Å². The van der Waals surface area contributed by atoms with Crippen LogP contribution < -0.4 is 11.1 Å². The molecule has 0 aliphatic carbocycles. The molecule has 1 aliphatic rings. The van der Waals surface area contributed by atoms with Gasteiger partial charge in [0.15, 0.2) is 0 Å². The number of rotatable bonds is 3. The maximum Gasteiger partial charge on any atom is 0.248 e. The number of anilines is 1. The number of hydrogen-bond acceptors (Lipinski definition) is 3. The van der Waals surface area contributed by atoms with Crippen molar-refractivity contribution in [1.82, 2.24) is 0 Å². The molecule has 0 bridgehead atoms. The molecule has 1 amide bonds. The molecule has 3 N–H and O–H groups in total. The van der Waals surface area contributed by atoms with E-state index in [1.165, 1.54) is 10.5 Å². The zero-order valence-electron chi connectivity index (χ0n) is 10.3. The predicted molar refractivity (Wildman–Crippen MR) is 78.5 cm³/mol. The number of benzene rings is 2. The molecule has 0 aromatic heterocycles. The molecule has 19 heavy (non-hydrogen) atoms. The summed E-state index contributed by atoms with van der Waals surface area (Å²) in [5.41, 5.74) is 8.11. The van der Waals surface area contributed by atoms with Crippen molar-refractivity contribution >= 4 is 23.4 Å². The first kappa shape index (κ1) is 12.1. The Kier molecular flexibility index (Phi) is 3.17. The highest BCUT2D eigenvalue weighted by molar-refractivity contribution is 7.99. The Morgan fingerprint density at radius 3 is 2.63 bits per heavy atom. The summed E-state index contributed by atoms with van der Waals surface area (Å²) in [4.78, 5) is 12.4. The topological polar surface area (TPSA) is 55.1 Å². The quantitative estimate of drug-likeness (QED) is 0.901. The second kappa shape index (κ2) is 4.97. The summed E-state index contributed by atoms with van der Waals surface area (Å²) in [5, 5.41) is 3.49. The second-order valence-corrected chi connectivity index (χ2v) is 5.55. The van der Waals surface area contributed by atoms with Gasteiger partial charge in [0.2, 0.25) is 5.91 Å². The number of carbonyl (C=O) groups is 1. The first-order chi connectivity index (χ1) is 9.24. The van der Waals surface area contributed by atoms with Crippen LogP contribution >= 0.6 is 11.8 Å². The van der Waals surface area contributed by atoms with E-state index in [2.05, 4.69) is 29.6 Å². The molecule has 3 rings (SSSR count). The van der Waals surface area contributed by atoms with E-state index in [4.69, 9.17) is 5.73 Å². The van der Waals surface area contributed by atoms with Gasteiger partial charge in [0.1, 0.15) is 0 Å². The Morgan fingerprint density at radius 2 is 1.89 bits per heavy atom. The zero-order valence-corrected chi connectivity index (χ0v) is 11.1. The Hall–Kier alpha value is -1.94. The van der Waals surface area contributed by atoms with Gasteiger partial charge in [0.05, 0.1) is 6.04 Å². The number of amides is 1. The van der Waals surface area contributed by atoms with Crippen LogP contribution in [0.3, 0.4) is 0 Å². The molecular weight excluding hydrogens is 256 g/mol. The number of thioether (sulfide) groups is 1. The van der Waals surface area contributed by atoms with E-state index in [0.717, 1.165) is 11.4 Å². The van der Waals surface area contributed by atoms with Gasteiger partial charge >= 0.3 is 0 Å². The Morgan fingerprint density at radius 1 is 1.16 bits per heavy atom. The van der Waals surface area contributed by atoms with E-state index >= 15 is 0 Å². The molecule has 2 aromatic rings. The van der Waals surface area contributed by atoms with Crippen LogP contribution in [0.15, 0.2) is 53.4 Å². The zero-order chi connectivity index (χ0) is 13.2. The van der Waals surface area contributed by atoms with E-state index < -0.39 is 5.91 Å². The van der Waals surface area contributed by atoms with Gasteiger partial charge < -0.3 is 11.1 Å². The molecule has 0 saturated heterocycles. The molecular formula is C15H14N2OS. The largest absolute Gasteiger partial charge is 0.377 e. The lowest BCUT2D eigenvalue weighted by molar-refractivity contribution is 0.100. The van der Waals surface area contributed by atoms with E-state index in [1.54, 1.807) is 12.1 Å². The summed E-state index contributed by atoms with van der Waals surface area (Å²) in [6.07, 6.45) is 0. The molecule has 1 heterocycles. The molecule has 0 fully saturated rings. The number of fused-ring (bicyclic) bond motifs is 1. The van der Waals surface area contributed by atoms with Crippen molar-refractivity contribution in [3.05, 3.63) is 59.7 Å². The van der Waals surface area contributed by atoms with Gasteiger partial charge in [-0.15, -0.1) is 11.8 Å². The fraction of sp³-hybridized carbons (Fsp3) is 0.133. The summed E-state index contributed by atoms with van der Waals surface area (Å²) in [6, 6.07) is 16.0. The van der Waals surface area contributed by atoms with Crippen molar-refractivity contribution in [2.24, 2.45) is 5.73 Å². The maximum absolute atomic E-state index is 11.0. The molecule has 96 valence electrons. The number of nitrogens with two attached hydrogens (primary N) is 1. The van der Waals surface area contributed by atoms with Gasteiger partial charge in [0, 0.05) is 21.9 Å². The third-order valence-electron chi connectivity index (χ3n) is 3.21. The van der Waals surface area contributed by atoms with Crippen LogP contribution in [-0.4, -0.2) is 11.7 Å². The Bertz CT molecular complexity index is 610. The number of primary amides is 1. The highest BCUT2D eigenvalue weighted by Gasteiger charge is 2.22. The summed E-state index contributed by atoms with van der Waals surface area (Å²) in [5.74, 6) is 0.630. The SMILES string of the molecule is NC(=O)c1ccc(NC2CSc3ccccc32)cc1. The van der Waals surface area contributed by atoms with Gasteiger partial charge in [-0.25, -0.2) is 0 Å². The van der Waals surface area contributed by atoms with Gasteiger partial charge in [-0.05, 0) is 35.9 Å². The van der Waals surface area contributed by atoms with Gasteiger partial charge in [0.25, 0.3) is 0 Å². The van der Waals surface area contributed by atoms with Crippen molar-refractivity contribution < 1.29 is 4.79 Å². The van der Waals surface area contributed by atoms with Crippen LogP contribution in [0.25, 0.3) is 0 Å². The van der Waals surface area contributed by atoms with Crippen LogP contribution in [0, 0.1) is 0 Å². The normalized spacial score (nSPS) is 16.9. The molecule has 1 unspecified atom stereocenters. The summed E-state index contributed by atoms with van der Waals surface area (Å²) < 4.78 is 0. The van der Waals surface area contributed by atoms with E-state index in [1.807, 2.05) is 23.9 Å². The second-order valence-electron chi connectivity index (χ2n) is 4.49. The molecule has 1 atom stereocenters. The average molecular weight is 270 g/mol. The summed E-state index contributed by atoms with van der Waals surface area (Å²) in [7, 11) is 0. The fourth-order valence-electron chi connectivity index (χ4n) is 2.21. The molecule has 3 nitrogen and oxygen atoms in total. The molecule has 1 aliphatic heterocycles. The molecule has 0 spiro atoms. The first-order valence-corrected chi connectivity index (χ1v) is 7.11. The van der Waals surface area contributed by atoms with E-state index in [9.17, 15) is 4.79 Å². The van der Waals surface area contributed by atoms with Crippen LogP contribution in [-0.2, 0) is 0 Å². The lowest BCUT2D eigenvalue weighted by atomic mass is 10.1. The minimum absolute atomic E-state index is 0.320. The van der Waals surface area contributed by atoms with E-state index in [-0.39, 0.29) is 0 Å². The van der Waals surface area contributed by atoms with Crippen molar-refractivity contribution in [2.45, 2.75) is 10.9 Å². The number of hydrogen-bond donors (Lipinski definition) is 2. The van der Waals surface area contributed by atoms with Crippen molar-refractivity contribution in [3.8, 4) is 0 Å². The van der Waals surface area contributed by atoms with Gasteiger partial charge in [-0.3, -0.25) is 4.79 Å². The number of carbonyl (C=O) groups excluding carboxylic acids is 1. The lowest BCUT2D eigenvalue weighted by Crippen LogP contribution is -2.12. The van der Waals surface area contributed by atoms with Crippen LogP contribution in [0.4, 0.5) is 5.69 Å². The average Bonchev–Trinajstić information content (AvgIpc) is 2.83. The maximum atomic E-state index is 11.0. The Balaban J connectivity index is 1.78. The standard InChI is InChI=1S/C15H14N2OS/c16-15(18)10-5-7-11(8-6-10)17-13-9-19-14-4-2-1-3-12(13)14/h1-8,13,17H,9H2,(H2,16,18). The molecule has 0 radical (unpaired) electrons. The molecule has 2 aromatic carbocycles. The third-order valence-corrected chi connectivity index (χ3v) is 4.39. The van der Waals surface area contributed by atoms with Crippen LogP contribution in [0.5, 0.6) is 0 Å². The van der Waals surface area contributed by atoms with Gasteiger partial charge in [-0.1, -0.05) is 18.2 Å².